The minimum Gasteiger partial charge on any atom is -0.339 e. The first-order chi connectivity index (χ1) is 9.22. The van der Waals surface area contributed by atoms with Crippen molar-refractivity contribution in [1.29, 1.82) is 0 Å². The van der Waals surface area contributed by atoms with E-state index in [-0.39, 0.29) is 5.02 Å². The molecule has 1 aromatic heterocycles. The third-order valence-corrected chi connectivity index (χ3v) is 3.28. The fourth-order valence-corrected chi connectivity index (χ4v) is 1.96. The molecule has 2 aromatic rings. The van der Waals surface area contributed by atoms with Gasteiger partial charge in [0, 0.05) is 24.6 Å². The summed E-state index contributed by atoms with van der Waals surface area (Å²) in [5.41, 5.74) is 0.650. The van der Waals surface area contributed by atoms with E-state index in [4.69, 9.17) is 16.1 Å². The molecule has 1 N–H and O–H groups in total. The molecule has 1 fully saturated rings. The van der Waals surface area contributed by atoms with Gasteiger partial charge in [0.25, 0.3) is 0 Å². The fraction of sp³-hybridized carbons (Fsp3) is 0.385. The van der Waals surface area contributed by atoms with Crippen LogP contribution in [0.1, 0.15) is 18.7 Å². The summed E-state index contributed by atoms with van der Waals surface area (Å²) in [5, 5.41) is 7.30. The van der Waals surface area contributed by atoms with Crippen LogP contribution in [0.15, 0.2) is 22.7 Å². The van der Waals surface area contributed by atoms with Crippen LogP contribution in [0.4, 0.5) is 4.39 Å². The molecule has 0 bridgehead atoms. The molecule has 0 spiro atoms. The van der Waals surface area contributed by atoms with Crippen LogP contribution in [0.25, 0.3) is 11.4 Å². The lowest BCUT2D eigenvalue weighted by molar-refractivity contribution is 0.376. The maximum atomic E-state index is 13.1. The number of benzene rings is 1. The van der Waals surface area contributed by atoms with Crippen molar-refractivity contribution in [3.63, 3.8) is 0 Å². The van der Waals surface area contributed by atoms with Crippen LogP contribution in [0, 0.1) is 5.82 Å². The Morgan fingerprint density at radius 2 is 2.26 bits per heavy atom. The Kier molecular flexibility index (Phi) is 3.48. The van der Waals surface area contributed by atoms with Gasteiger partial charge in [-0.2, -0.15) is 4.98 Å². The van der Waals surface area contributed by atoms with E-state index in [0.29, 0.717) is 29.7 Å². The molecule has 4 nitrogen and oxygen atoms in total. The van der Waals surface area contributed by atoms with Crippen molar-refractivity contribution in [3.8, 4) is 11.4 Å². The second kappa shape index (κ2) is 5.27. The van der Waals surface area contributed by atoms with Gasteiger partial charge >= 0.3 is 0 Å². The zero-order chi connectivity index (χ0) is 13.2. The summed E-state index contributed by atoms with van der Waals surface area (Å²) >= 11 is 5.72. The molecule has 19 heavy (non-hydrogen) atoms. The van der Waals surface area contributed by atoms with Crippen LogP contribution in [0.2, 0.25) is 5.02 Å². The summed E-state index contributed by atoms with van der Waals surface area (Å²) < 4.78 is 18.2. The van der Waals surface area contributed by atoms with E-state index < -0.39 is 5.82 Å². The number of aromatic nitrogens is 2. The number of hydrogen-bond donors (Lipinski definition) is 1. The van der Waals surface area contributed by atoms with Crippen molar-refractivity contribution in [2.24, 2.45) is 0 Å². The smallest absolute Gasteiger partial charge is 0.228 e. The van der Waals surface area contributed by atoms with E-state index in [2.05, 4.69) is 15.5 Å². The standard InChI is InChI=1S/C13H13ClFN3O/c14-10-7-8(1-4-11(10)15)13-17-12(19-18-13)5-6-16-9-2-3-9/h1,4,7,9,16H,2-3,5-6H2. The molecule has 100 valence electrons. The molecular weight excluding hydrogens is 269 g/mol. The Balaban J connectivity index is 1.67. The van der Waals surface area contributed by atoms with Crippen molar-refractivity contribution in [3.05, 3.63) is 34.9 Å². The Bertz CT molecular complexity index is 583. The minimum absolute atomic E-state index is 0.0549. The van der Waals surface area contributed by atoms with Gasteiger partial charge in [-0.1, -0.05) is 16.8 Å². The molecule has 0 saturated heterocycles. The monoisotopic (exact) mass is 281 g/mol. The van der Waals surface area contributed by atoms with E-state index in [1.807, 2.05) is 0 Å². The average molecular weight is 282 g/mol. The summed E-state index contributed by atoms with van der Waals surface area (Å²) in [5.74, 6) is 0.551. The lowest BCUT2D eigenvalue weighted by Gasteiger charge is -1.97. The van der Waals surface area contributed by atoms with Gasteiger partial charge in [-0.05, 0) is 31.0 Å². The number of nitrogens with zero attached hydrogens (tertiary/aromatic N) is 2. The number of nitrogens with one attached hydrogen (secondary N) is 1. The van der Waals surface area contributed by atoms with Gasteiger partial charge in [0.1, 0.15) is 5.82 Å². The van der Waals surface area contributed by atoms with Gasteiger partial charge < -0.3 is 9.84 Å². The molecule has 1 aliphatic rings. The first kappa shape index (κ1) is 12.6. The maximum absolute atomic E-state index is 13.1. The highest BCUT2D eigenvalue weighted by molar-refractivity contribution is 6.31. The molecule has 0 aliphatic heterocycles. The summed E-state index contributed by atoms with van der Waals surface area (Å²) in [7, 11) is 0. The zero-order valence-corrected chi connectivity index (χ0v) is 11.0. The highest BCUT2D eigenvalue weighted by atomic mass is 35.5. The number of halogens is 2. The second-order valence-corrected chi connectivity index (χ2v) is 5.03. The quantitative estimate of drug-likeness (QED) is 0.916. The zero-order valence-electron chi connectivity index (χ0n) is 10.2. The molecule has 1 aliphatic carbocycles. The Hall–Kier alpha value is -1.46. The van der Waals surface area contributed by atoms with Gasteiger partial charge in [0.2, 0.25) is 11.7 Å². The Morgan fingerprint density at radius 1 is 1.42 bits per heavy atom. The molecule has 1 saturated carbocycles. The van der Waals surface area contributed by atoms with Crippen molar-refractivity contribution in [1.82, 2.24) is 15.5 Å². The highest BCUT2D eigenvalue weighted by Crippen LogP contribution is 2.23. The van der Waals surface area contributed by atoms with Crippen LogP contribution in [-0.2, 0) is 6.42 Å². The third-order valence-electron chi connectivity index (χ3n) is 3.00. The van der Waals surface area contributed by atoms with Crippen molar-refractivity contribution in [2.45, 2.75) is 25.3 Å². The molecule has 3 rings (SSSR count). The SMILES string of the molecule is Fc1ccc(-c2noc(CCNC3CC3)n2)cc1Cl. The lowest BCUT2D eigenvalue weighted by atomic mass is 10.2. The van der Waals surface area contributed by atoms with E-state index in [1.165, 1.54) is 25.0 Å². The maximum Gasteiger partial charge on any atom is 0.228 e. The summed E-state index contributed by atoms with van der Waals surface area (Å²) in [6.07, 6.45) is 3.20. The van der Waals surface area contributed by atoms with Gasteiger partial charge in [-0.25, -0.2) is 4.39 Å². The predicted octanol–water partition coefficient (Wildman–Crippen LogP) is 2.82. The van der Waals surface area contributed by atoms with Gasteiger partial charge in [0.15, 0.2) is 0 Å². The molecule has 1 heterocycles. The highest BCUT2D eigenvalue weighted by Gasteiger charge is 2.20. The van der Waals surface area contributed by atoms with Crippen LogP contribution < -0.4 is 5.32 Å². The van der Waals surface area contributed by atoms with Gasteiger partial charge in [-0.3, -0.25) is 0 Å². The summed E-state index contributed by atoms with van der Waals surface area (Å²) in [6, 6.07) is 5.03. The van der Waals surface area contributed by atoms with Gasteiger partial charge in [-0.15, -0.1) is 0 Å². The second-order valence-electron chi connectivity index (χ2n) is 4.62. The van der Waals surface area contributed by atoms with Crippen LogP contribution >= 0.6 is 11.6 Å². The largest absolute Gasteiger partial charge is 0.339 e. The Labute approximate surface area is 115 Å². The number of rotatable bonds is 5. The van der Waals surface area contributed by atoms with Crippen LogP contribution in [0.5, 0.6) is 0 Å². The van der Waals surface area contributed by atoms with Crippen molar-refractivity contribution < 1.29 is 8.91 Å². The van der Waals surface area contributed by atoms with E-state index in [1.54, 1.807) is 6.07 Å². The molecule has 0 amide bonds. The average Bonchev–Trinajstić information content (AvgIpc) is 3.10. The lowest BCUT2D eigenvalue weighted by Crippen LogP contribution is -2.19. The molecule has 0 radical (unpaired) electrons. The first-order valence-electron chi connectivity index (χ1n) is 6.24. The topological polar surface area (TPSA) is 51.0 Å². The van der Waals surface area contributed by atoms with Crippen LogP contribution in [-0.4, -0.2) is 22.7 Å². The third kappa shape index (κ3) is 3.11. The molecular formula is C13H13ClFN3O. The number of hydrogen-bond acceptors (Lipinski definition) is 4. The van der Waals surface area contributed by atoms with Gasteiger partial charge in [0.05, 0.1) is 5.02 Å². The molecule has 6 heteroatoms. The normalized spacial score (nSPS) is 14.8. The Morgan fingerprint density at radius 3 is 3.00 bits per heavy atom. The summed E-state index contributed by atoms with van der Waals surface area (Å²) in [6.45, 7) is 0.830. The summed E-state index contributed by atoms with van der Waals surface area (Å²) in [4.78, 5) is 4.27. The predicted molar refractivity (Wildman–Crippen MR) is 69.4 cm³/mol. The van der Waals surface area contributed by atoms with E-state index in [0.717, 1.165) is 6.54 Å². The fourth-order valence-electron chi connectivity index (χ4n) is 1.78. The first-order valence-corrected chi connectivity index (χ1v) is 6.61. The molecule has 0 atom stereocenters. The van der Waals surface area contributed by atoms with Crippen LogP contribution in [0.3, 0.4) is 0 Å². The molecule has 1 aromatic carbocycles. The van der Waals surface area contributed by atoms with Crippen molar-refractivity contribution in [2.75, 3.05) is 6.54 Å². The minimum atomic E-state index is -0.456. The van der Waals surface area contributed by atoms with Crippen molar-refractivity contribution >= 4 is 11.6 Å². The van der Waals surface area contributed by atoms with E-state index >= 15 is 0 Å². The van der Waals surface area contributed by atoms with E-state index in [9.17, 15) is 4.39 Å². The molecule has 0 unspecified atom stereocenters.